The van der Waals surface area contributed by atoms with Gasteiger partial charge in [0.25, 0.3) is 0 Å². The van der Waals surface area contributed by atoms with Gasteiger partial charge in [-0.05, 0) is 31.5 Å². The molecule has 0 saturated heterocycles. The van der Waals surface area contributed by atoms with Crippen LogP contribution < -0.4 is 10.5 Å². The Kier molecular flexibility index (Phi) is 6.32. The van der Waals surface area contributed by atoms with Crippen molar-refractivity contribution < 1.29 is 22.3 Å². The quantitative estimate of drug-likeness (QED) is 0.671. The van der Waals surface area contributed by atoms with Crippen LogP contribution in [0.15, 0.2) is 30.4 Å². The number of alkyl halides is 3. The molecule has 0 aromatic heterocycles. The number of hydrogen-bond donors (Lipinski definition) is 1. The molecule has 0 spiro atoms. The van der Waals surface area contributed by atoms with Crippen LogP contribution in [-0.2, 0) is 0 Å². The van der Waals surface area contributed by atoms with E-state index in [1.165, 1.54) is 0 Å². The third-order valence-electron chi connectivity index (χ3n) is 2.17. The number of nitrogens with two attached hydrogens (primary N) is 1. The van der Waals surface area contributed by atoms with Crippen LogP contribution in [0.2, 0.25) is 0 Å². The predicted octanol–water partition coefficient (Wildman–Crippen LogP) is 4.11. The summed E-state index contributed by atoms with van der Waals surface area (Å²) in [7, 11) is 0. The first-order valence-electron chi connectivity index (χ1n) is 5.14. The highest BCUT2D eigenvalue weighted by Gasteiger charge is 2.31. The fourth-order valence-electron chi connectivity index (χ4n) is 1.49. The van der Waals surface area contributed by atoms with Crippen molar-refractivity contribution in [3.8, 4) is 5.75 Å². The van der Waals surface area contributed by atoms with Crippen molar-refractivity contribution in [2.75, 3.05) is 0 Å². The highest BCUT2D eigenvalue weighted by molar-refractivity contribution is 5.85. The van der Waals surface area contributed by atoms with Gasteiger partial charge in [0.15, 0.2) is 0 Å². The molecule has 0 amide bonds. The number of halogens is 5. The van der Waals surface area contributed by atoms with Crippen molar-refractivity contribution in [1.29, 1.82) is 0 Å². The molecule has 7 heteroatoms. The Bertz CT molecular complexity index is 448. The minimum atomic E-state index is -4.81. The van der Waals surface area contributed by atoms with Crippen molar-refractivity contribution in [1.82, 2.24) is 0 Å². The van der Waals surface area contributed by atoms with Crippen LogP contribution in [0, 0.1) is 5.82 Å². The molecule has 1 aromatic carbocycles. The number of benzene rings is 1. The summed E-state index contributed by atoms with van der Waals surface area (Å²) in [5.74, 6) is -1.16. The summed E-state index contributed by atoms with van der Waals surface area (Å²) in [6.07, 6.45) is -4.53. The molecule has 0 aliphatic rings. The first-order valence-corrected chi connectivity index (χ1v) is 5.14. The van der Waals surface area contributed by atoms with Crippen LogP contribution in [0.3, 0.4) is 0 Å². The van der Waals surface area contributed by atoms with Gasteiger partial charge in [0.2, 0.25) is 0 Å². The van der Waals surface area contributed by atoms with E-state index in [-0.39, 0.29) is 24.4 Å². The SMILES string of the molecule is C=C(C)C[C@H](N)c1cc(OC(F)(F)F)ccc1F.Cl. The first-order chi connectivity index (χ1) is 8.19. The maximum absolute atomic E-state index is 13.5. The molecule has 0 saturated carbocycles. The zero-order chi connectivity index (χ0) is 13.9. The van der Waals surface area contributed by atoms with E-state index >= 15 is 0 Å². The second kappa shape index (κ2) is 6.77. The lowest BCUT2D eigenvalue weighted by Crippen LogP contribution is -2.18. The van der Waals surface area contributed by atoms with Gasteiger partial charge in [-0.3, -0.25) is 0 Å². The van der Waals surface area contributed by atoms with Crippen LogP contribution in [0.5, 0.6) is 5.75 Å². The zero-order valence-corrected chi connectivity index (χ0v) is 10.9. The second-order valence-electron chi connectivity index (χ2n) is 4.00. The highest BCUT2D eigenvalue weighted by atomic mass is 35.5. The van der Waals surface area contributed by atoms with E-state index < -0.39 is 24.0 Å². The number of ether oxygens (including phenoxy) is 1. The summed E-state index contributed by atoms with van der Waals surface area (Å²) >= 11 is 0. The summed E-state index contributed by atoms with van der Waals surface area (Å²) < 4.78 is 53.2. The molecule has 19 heavy (non-hydrogen) atoms. The maximum Gasteiger partial charge on any atom is 0.573 e. The molecule has 0 radical (unpaired) electrons. The maximum atomic E-state index is 13.5. The molecule has 0 bridgehead atoms. The van der Waals surface area contributed by atoms with Gasteiger partial charge in [-0.2, -0.15) is 0 Å². The van der Waals surface area contributed by atoms with Gasteiger partial charge in [0, 0.05) is 11.6 Å². The Morgan fingerprint density at radius 2 is 2.00 bits per heavy atom. The molecule has 1 rings (SSSR count). The zero-order valence-electron chi connectivity index (χ0n) is 10.1. The van der Waals surface area contributed by atoms with E-state index in [1.807, 2.05) is 0 Å². The molecule has 0 fully saturated rings. The summed E-state index contributed by atoms with van der Waals surface area (Å²) in [6.45, 7) is 5.32. The van der Waals surface area contributed by atoms with E-state index in [2.05, 4.69) is 11.3 Å². The lowest BCUT2D eigenvalue weighted by molar-refractivity contribution is -0.274. The van der Waals surface area contributed by atoms with E-state index in [4.69, 9.17) is 5.73 Å². The molecule has 1 aromatic rings. The lowest BCUT2D eigenvalue weighted by atomic mass is 10.0. The van der Waals surface area contributed by atoms with E-state index in [1.54, 1.807) is 6.92 Å². The van der Waals surface area contributed by atoms with Crippen molar-refractivity contribution in [2.45, 2.75) is 25.7 Å². The standard InChI is InChI=1S/C12H13F4NO.ClH/c1-7(2)5-11(17)9-6-8(3-4-10(9)13)18-12(14,15)16;/h3-4,6,11H,1,5,17H2,2H3;1H/t11-;/m0./s1. The van der Waals surface area contributed by atoms with Gasteiger partial charge in [-0.25, -0.2) is 4.39 Å². The third kappa shape index (κ3) is 5.94. The van der Waals surface area contributed by atoms with Crippen molar-refractivity contribution in [3.05, 3.63) is 41.7 Å². The Morgan fingerprint density at radius 1 is 1.42 bits per heavy atom. The van der Waals surface area contributed by atoms with Crippen LogP contribution >= 0.6 is 12.4 Å². The molecule has 0 aliphatic carbocycles. The molecule has 0 unspecified atom stereocenters. The van der Waals surface area contributed by atoms with E-state index in [0.29, 0.717) is 5.57 Å². The van der Waals surface area contributed by atoms with Crippen LogP contribution in [0.25, 0.3) is 0 Å². The molecule has 0 aliphatic heterocycles. The van der Waals surface area contributed by atoms with Crippen LogP contribution in [-0.4, -0.2) is 6.36 Å². The topological polar surface area (TPSA) is 35.2 Å². The molecule has 2 nitrogen and oxygen atoms in total. The minimum Gasteiger partial charge on any atom is -0.406 e. The van der Waals surface area contributed by atoms with Crippen molar-refractivity contribution in [2.24, 2.45) is 5.73 Å². The largest absolute Gasteiger partial charge is 0.573 e. The van der Waals surface area contributed by atoms with E-state index in [0.717, 1.165) is 18.2 Å². The number of hydrogen-bond acceptors (Lipinski definition) is 2. The monoisotopic (exact) mass is 299 g/mol. The summed E-state index contributed by atoms with van der Waals surface area (Å²) in [5.41, 5.74) is 6.38. The third-order valence-corrected chi connectivity index (χ3v) is 2.17. The summed E-state index contributed by atoms with van der Waals surface area (Å²) in [6, 6.07) is 2.00. The fourth-order valence-corrected chi connectivity index (χ4v) is 1.49. The van der Waals surface area contributed by atoms with Crippen molar-refractivity contribution >= 4 is 12.4 Å². The average molecular weight is 300 g/mol. The Labute approximate surface area is 114 Å². The van der Waals surface area contributed by atoms with Crippen molar-refractivity contribution in [3.63, 3.8) is 0 Å². The molecule has 0 heterocycles. The molecule has 2 N–H and O–H groups in total. The Balaban J connectivity index is 0.00000324. The number of rotatable bonds is 4. The lowest BCUT2D eigenvalue weighted by Gasteiger charge is -2.15. The summed E-state index contributed by atoms with van der Waals surface area (Å²) in [4.78, 5) is 0. The molecule has 1 atom stereocenters. The minimum absolute atomic E-state index is 0. The first kappa shape index (κ1) is 17.7. The Hall–Kier alpha value is -1.27. The fraction of sp³-hybridized carbons (Fsp3) is 0.333. The molecular formula is C12H14ClF4NO. The predicted molar refractivity (Wildman–Crippen MR) is 66.7 cm³/mol. The van der Waals surface area contributed by atoms with Gasteiger partial charge in [-0.15, -0.1) is 32.2 Å². The van der Waals surface area contributed by atoms with E-state index in [9.17, 15) is 17.6 Å². The highest BCUT2D eigenvalue weighted by Crippen LogP contribution is 2.28. The van der Waals surface area contributed by atoms with Gasteiger partial charge in [0.1, 0.15) is 11.6 Å². The van der Waals surface area contributed by atoms with Gasteiger partial charge in [0.05, 0.1) is 0 Å². The molecule has 108 valence electrons. The normalized spacial score (nSPS) is 12.5. The smallest absolute Gasteiger partial charge is 0.406 e. The van der Waals surface area contributed by atoms with Gasteiger partial charge < -0.3 is 10.5 Å². The average Bonchev–Trinajstić information content (AvgIpc) is 2.17. The summed E-state index contributed by atoms with van der Waals surface area (Å²) in [5, 5.41) is 0. The van der Waals surface area contributed by atoms with Crippen LogP contribution in [0.1, 0.15) is 24.9 Å². The van der Waals surface area contributed by atoms with Gasteiger partial charge in [-0.1, -0.05) is 5.57 Å². The van der Waals surface area contributed by atoms with Crippen LogP contribution in [0.4, 0.5) is 17.6 Å². The second-order valence-corrected chi connectivity index (χ2v) is 4.00. The Morgan fingerprint density at radius 3 is 2.47 bits per heavy atom. The van der Waals surface area contributed by atoms with Gasteiger partial charge >= 0.3 is 6.36 Å². The molecular weight excluding hydrogens is 286 g/mol.